The third-order valence-corrected chi connectivity index (χ3v) is 2.16. The molecule has 0 saturated heterocycles. The first-order valence-electron chi connectivity index (χ1n) is 6.07. The van der Waals surface area contributed by atoms with Crippen molar-refractivity contribution in [2.24, 2.45) is 0 Å². The predicted molar refractivity (Wildman–Crippen MR) is 74.4 cm³/mol. The molecular weight excluding hydrogens is 268 g/mol. The second-order valence-corrected chi connectivity index (χ2v) is 5.34. The summed E-state index contributed by atoms with van der Waals surface area (Å²) >= 11 is 5.62. The minimum absolute atomic E-state index is 0.358. The summed E-state index contributed by atoms with van der Waals surface area (Å²) in [5, 5.41) is 13.7. The van der Waals surface area contributed by atoms with Crippen LogP contribution in [-0.2, 0) is 4.74 Å². The average molecular weight is 287 g/mol. The van der Waals surface area contributed by atoms with Crippen molar-refractivity contribution in [3.8, 4) is 0 Å². The molecule has 0 atom stereocenters. The minimum Gasteiger partial charge on any atom is -0.444 e. The van der Waals surface area contributed by atoms with Gasteiger partial charge in [-0.05, 0) is 39.3 Å². The molecule has 1 aromatic rings. The quantitative estimate of drug-likeness (QED) is 0.813. The summed E-state index contributed by atoms with van der Waals surface area (Å²) in [6.07, 6.45) is 0.350. The number of alkyl carbamates (subject to hydrolysis) is 1. The van der Waals surface area contributed by atoms with Gasteiger partial charge < -0.3 is 15.4 Å². The van der Waals surface area contributed by atoms with Crippen LogP contribution in [0.4, 0.5) is 10.6 Å². The van der Waals surface area contributed by atoms with E-state index in [-0.39, 0.29) is 0 Å². The fourth-order valence-electron chi connectivity index (χ4n) is 1.22. The van der Waals surface area contributed by atoms with Crippen LogP contribution in [0.2, 0.25) is 5.15 Å². The Morgan fingerprint density at radius 2 is 2.05 bits per heavy atom. The number of carbonyl (C=O) groups excluding carboxylic acids is 1. The summed E-state index contributed by atoms with van der Waals surface area (Å²) in [4.78, 5) is 11.3. The first kappa shape index (κ1) is 15.5. The second kappa shape index (κ2) is 7.13. The van der Waals surface area contributed by atoms with Crippen molar-refractivity contribution >= 4 is 23.5 Å². The summed E-state index contributed by atoms with van der Waals surface area (Å²) in [7, 11) is 0. The van der Waals surface area contributed by atoms with Crippen molar-refractivity contribution in [2.45, 2.75) is 32.8 Å². The first-order valence-corrected chi connectivity index (χ1v) is 6.44. The number of nitrogens with zero attached hydrogens (tertiary/aromatic N) is 2. The molecule has 0 aliphatic carbocycles. The van der Waals surface area contributed by atoms with Crippen LogP contribution in [0.1, 0.15) is 27.2 Å². The van der Waals surface area contributed by atoms with Crippen molar-refractivity contribution in [2.75, 3.05) is 18.4 Å². The van der Waals surface area contributed by atoms with Crippen LogP contribution >= 0.6 is 11.6 Å². The van der Waals surface area contributed by atoms with Gasteiger partial charge in [-0.25, -0.2) is 4.79 Å². The molecule has 0 radical (unpaired) electrons. The maximum absolute atomic E-state index is 11.3. The smallest absolute Gasteiger partial charge is 0.407 e. The lowest BCUT2D eigenvalue weighted by Gasteiger charge is -2.19. The highest BCUT2D eigenvalue weighted by molar-refractivity contribution is 6.29. The Morgan fingerprint density at radius 1 is 1.32 bits per heavy atom. The lowest BCUT2D eigenvalue weighted by Crippen LogP contribution is -2.33. The van der Waals surface area contributed by atoms with Crippen LogP contribution in [0.5, 0.6) is 0 Å². The molecule has 2 N–H and O–H groups in total. The molecule has 19 heavy (non-hydrogen) atoms. The van der Waals surface area contributed by atoms with Crippen molar-refractivity contribution in [1.29, 1.82) is 0 Å². The van der Waals surface area contributed by atoms with Crippen molar-refractivity contribution < 1.29 is 9.53 Å². The van der Waals surface area contributed by atoms with Gasteiger partial charge in [-0.2, -0.15) is 0 Å². The monoisotopic (exact) mass is 286 g/mol. The number of halogens is 1. The van der Waals surface area contributed by atoms with E-state index in [1.807, 2.05) is 20.8 Å². The van der Waals surface area contributed by atoms with Gasteiger partial charge >= 0.3 is 6.09 Å². The van der Waals surface area contributed by atoms with Crippen molar-refractivity contribution in [3.63, 3.8) is 0 Å². The molecule has 0 spiro atoms. The summed E-state index contributed by atoms with van der Waals surface area (Å²) in [6.45, 7) is 6.68. The maximum Gasteiger partial charge on any atom is 0.407 e. The van der Waals surface area contributed by atoms with Gasteiger partial charge in [0.25, 0.3) is 0 Å². The van der Waals surface area contributed by atoms with Crippen LogP contribution in [0.25, 0.3) is 0 Å². The molecule has 0 fully saturated rings. The van der Waals surface area contributed by atoms with Gasteiger partial charge in [0.1, 0.15) is 11.4 Å². The van der Waals surface area contributed by atoms with Crippen molar-refractivity contribution in [3.05, 3.63) is 17.3 Å². The number of rotatable bonds is 5. The second-order valence-electron chi connectivity index (χ2n) is 4.95. The Kier molecular flexibility index (Phi) is 5.82. The summed E-state index contributed by atoms with van der Waals surface area (Å²) in [5.74, 6) is 0.654. The highest BCUT2D eigenvalue weighted by Crippen LogP contribution is 2.07. The first-order chi connectivity index (χ1) is 8.87. The van der Waals surface area contributed by atoms with Crippen LogP contribution in [-0.4, -0.2) is 35.0 Å². The lowest BCUT2D eigenvalue weighted by molar-refractivity contribution is 0.0528. The molecule has 0 aromatic carbocycles. The Bertz CT molecular complexity index is 403. The SMILES string of the molecule is CC(C)(C)OC(=O)NCCCNc1ccc(Cl)nn1. The van der Waals surface area contributed by atoms with E-state index in [9.17, 15) is 4.79 Å². The predicted octanol–water partition coefficient (Wildman–Crippen LogP) is 2.46. The molecule has 0 bridgehead atoms. The Labute approximate surface area is 117 Å². The van der Waals surface area contributed by atoms with E-state index in [2.05, 4.69) is 20.8 Å². The number of hydrogen-bond donors (Lipinski definition) is 2. The van der Waals surface area contributed by atoms with Gasteiger partial charge in [-0.1, -0.05) is 11.6 Å². The number of ether oxygens (including phenoxy) is 1. The number of aromatic nitrogens is 2. The fraction of sp³-hybridized carbons (Fsp3) is 0.583. The van der Waals surface area contributed by atoms with E-state index in [0.717, 1.165) is 6.42 Å². The van der Waals surface area contributed by atoms with Gasteiger partial charge in [0.2, 0.25) is 0 Å². The number of nitrogens with one attached hydrogen (secondary N) is 2. The third kappa shape index (κ3) is 7.46. The number of amides is 1. The van der Waals surface area contributed by atoms with Gasteiger partial charge in [0, 0.05) is 13.1 Å². The van der Waals surface area contributed by atoms with Crippen molar-refractivity contribution in [1.82, 2.24) is 15.5 Å². The standard InChI is InChI=1S/C12H19ClN4O2/c1-12(2,3)19-11(18)15-8-4-7-14-10-6-5-9(13)16-17-10/h5-6H,4,7-8H2,1-3H3,(H,14,17)(H,15,18). The van der Waals surface area contributed by atoms with Gasteiger partial charge in [-0.3, -0.25) is 0 Å². The fourth-order valence-corrected chi connectivity index (χ4v) is 1.32. The van der Waals surface area contributed by atoms with Gasteiger partial charge in [0.05, 0.1) is 0 Å². The summed E-state index contributed by atoms with van der Waals surface area (Å²) < 4.78 is 5.11. The average Bonchev–Trinajstić information content (AvgIpc) is 2.29. The molecule has 0 aliphatic rings. The van der Waals surface area contributed by atoms with Gasteiger partial charge in [-0.15, -0.1) is 10.2 Å². The van der Waals surface area contributed by atoms with E-state index in [0.29, 0.717) is 24.1 Å². The van der Waals surface area contributed by atoms with E-state index in [4.69, 9.17) is 16.3 Å². The molecule has 6 nitrogen and oxygen atoms in total. The molecule has 0 unspecified atom stereocenters. The topological polar surface area (TPSA) is 76.1 Å². The highest BCUT2D eigenvalue weighted by Gasteiger charge is 2.15. The highest BCUT2D eigenvalue weighted by atomic mass is 35.5. The Morgan fingerprint density at radius 3 is 2.63 bits per heavy atom. The zero-order chi connectivity index (χ0) is 14.3. The van der Waals surface area contributed by atoms with Crippen LogP contribution in [0, 0.1) is 0 Å². The number of hydrogen-bond acceptors (Lipinski definition) is 5. The zero-order valence-electron chi connectivity index (χ0n) is 11.4. The molecule has 0 aliphatic heterocycles. The van der Waals surface area contributed by atoms with E-state index >= 15 is 0 Å². The lowest BCUT2D eigenvalue weighted by atomic mass is 10.2. The van der Waals surface area contributed by atoms with E-state index in [1.54, 1.807) is 12.1 Å². The summed E-state index contributed by atoms with van der Waals surface area (Å²) in [6, 6.07) is 3.41. The van der Waals surface area contributed by atoms with Crippen LogP contribution in [0.15, 0.2) is 12.1 Å². The molecule has 0 saturated carbocycles. The molecule has 106 valence electrons. The molecule has 7 heteroatoms. The van der Waals surface area contributed by atoms with Gasteiger partial charge in [0.15, 0.2) is 5.15 Å². The third-order valence-electron chi connectivity index (χ3n) is 1.96. The van der Waals surface area contributed by atoms with E-state index in [1.165, 1.54) is 0 Å². The molecule has 1 amide bonds. The zero-order valence-corrected chi connectivity index (χ0v) is 12.1. The Hall–Kier alpha value is -1.56. The Balaban J connectivity index is 2.11. The number of carbonyl (C=O) groups is 1. The minimum atomic E-state index is -0.471. The molecule has 1 aromatic heterocycles. The normalized spacial score (nSPS) is 10.9. The molecular formula is C12H19ClN4O2. The van der Waals surface area contributed by atoms with Crippen LogP contribution < -0.4 is 10.6 Å². The van der Waals surface area contributed by atoms with Crippen LogP contribution in [0.3, 0.4) is 0 Å². The molecule has 1 heterocycles. The molecule has 1 rings (SSSR count). The van der Waals surface area contributed by atoms with E-state index < -0.39 is 11.7 Å². The number of anilines is 1. The maximum atomic E-state index is 11.3. The summed E-state index contributed by atoms with van der Waals surface area (Å²) in [5.41, 5.74) is -0.471. The largest absolute Gasteiger partial charge is 0.444 e.